The lowest BCUT2D eigenvalue weighted by Gasteiger charge is -1.94. The molecule has 0 fully saturated rings. The Morgan fingerprint density at radius 3 is 2.92 bits per heavy atom. The Bertz CT molecular complexity index is 497. The number of hydrogen-bond donors (Lipinski definition) is 1. The van der Waals surface area contributed by atoms with Crippen LogP contribution in [0.5, 0.6) is 0 Å². The summed E-state index contributed by atoms with van der Waals surface area (Å²) < 4.78 is 0. The molecular weight excluding hydrogens is 158 g/mol. The van der Waals surface area contributed by atoms with E-state index in [9.17, 15) is 0 Å². The highest BCUT2D eigenvalue weighted by Gasteiger charge is 2.18. The second kappa shape index (κ2) is 2.32. The fourth-order valence-corrected chi connectivity index (χ4v) is 1.73. The van der Waals surface area contributed by atoms with Gasteiger partial charge in [-0.15, -0.1) is 0 Å². The summed E-state index contributed by atoms with van der Waals surface area (Å²) in [6, 6.07) is 12.6. The van der Waals surface area contributed by atoms with Crippen molar-refractivity contribution in [2.24, 2.45) is 0 Å². The lowest BCUT2D eigenvalue weighted by atomic mass is 10.0. The van der Waals surface area contributed by atoms with Crippen LogP contribution in [0.4, 0.5) is 5.69 Å². The molecule has 0 saturated carbocycles. The highest BCUT2D eigenvalue weighted by molar-refractivity contribution is 5.92. The van der Waals surface area contributed by atoms with E-state index in [2.05, 4.69) is 47.8 Å². The van der Waals surface area contributed by atoms with Gasteiger partial charge in [0, 0.05) is 17.5 Å². The lowest BCUT2D eigenvalue weighted by molar-refractivity contribution is 1.65. The molecule has 0 aromatic heterocycles. The van der Waals surface area contributed by atoms with Crippen molar-refractivity contribution in [3.05, 3.63) is 54.2 Å². The number of nitrogens with one attached hydrogen (secondary N) is 1. The average molecular weight is 166 g/mol. The lowest BCUT2D eigenvalue weighted by Crippen LogP contribution is -1.83. The van der Waals surface area contributed by atoms with E-state index in [1.165, 1.54) is 16.3 Å². The second-order valence-electron chi connectivity index (χ2n) is 3.14. The summed E-state index contributed by atoms with van der Waals surface area (Å²) in [6.45, 7) is 0. The van der Waals surface area contributed by atoms with Crippen molar-refractivity contribution < 1.29 is 0 Å². The van der Waals surface area contributed by atoms with Gasteiger partial charge in [-0.25, -0.2) is 0 Å². The Hall–Kier alpha value is -1.85. The summed E-state index contributed by atoms with van der Waals surface area (Å²) in [4.78, 5) is 0. The molecule has 1 aliphatic heterocycles. The fraction of sp³-hybridized carbons (Fsp3) is 0. The Labute approximate surface area is 76.7 Å². The van der Waals surface area contributed by atoms with Crippen LogP contribution in [0.25, 0.3) is 10.8 Å². The fourth-order valence-electron chi connectivity index (χ4n) is 1.73. The zero-order valence-corrected chi connectivity index (χ0v) is 7.04. The molecule has 60 valence electrons. The van der Waals surface area contributed by atoms with Gasteiger partial charge in [-0.05, 0) is 18.2 Å². The molecule has 1 aliphatic rings. The second-order valence-corrected chi connectivity index (χ2v) is 3.14. The molecule has 13 heavy (non-hydrogen) atoms. The van der Waals surface area contributed by atoms with Crippen LogP contribution in [-0.4, -0.2) is 0 Å². The standard InChI is InChI=1S/C12H8N/c1-2-4-10-9(3-1)5-6-12-11(10)7-8-13-12/h1-6,8,13H/q+1. The number of benzene rings is 2. The van der Waals surface area contributed by atoms with Gasteiger partial charge in [-0.1, -0.05) is 6.07 Å². The minimum absolute atomic E-state index is 1.15. The van der Waals surface area contributed by atoms with Gasteiger partial charge < -0.3 is 0 Å². The van der Waals surface area contributed by atoms with Crippen LogP contribution in [0.15, 0.2) is 42.6 Å². The van der Waals surface area contributed by atoms with Crippen molar-refractivity contribution in [2.75, 3.05) is 5.32 Å². The first kappa shape index (κ1) is 6.64. The van der Waals surface area contributed by atoms with E-state index in [0.717, 1.165) is 5.69 Å². The van der Waals surface area contributed by atoms with Gasteiger partial charge in [0.05, 0.1) is 6.08 Å². The molecule has 0 aliphatic carbocycles. The van der Waals surface area contributed by atoms with Crippen molar-refractivity contribution in [1.82, 2.24) is 0 Å². The van der Waals surface area contributed by atoms with E-state index in [1.54, 1.807) is 0 Å². The molecule has 2 aromatic rings. The number of hydrogen-bond acceptors (Lipinski definition) is 1. The summed E-state index contributed by atoms with van der Waals surface area (Å²) in [5, 5.41) is 5.69. The van der Waals surface area contributed by atoms with E-state index in [1.807, 2.05) is 6.20 Å². The van der Waals surface area contributed by atoms with Crippen molar-refractivity contribution in [1.29, 1.82) is 0 Å². The molecule has 0 spiro atoms. The molecule has 1 N–H and O–H groups in total. The summed E-state index contributed by atoms with van der Waals surface area (Å²) in [7, 11) is 0. The molecule has 0 atom stereocenters. The number of anilines is 1. The van der Waals surface area contributed by atoms with Crippen LogP contribution in [0.2, 0.25) is 0 Å². The Balaban J connectivity index is 2.49. The van der Waals surface area contributed by atoms with E-state index in [0.29, 0.717) is 0 Å². The zero-order chi connectivity index (χ0) is 8.67. The van der Waals surface area contributed by atoms with E-state index >= 15 is 0 Å². The molecule has 1 heteroatoms. The topological polar surface area (TPSA) is 12.0 Å². The molecular formula is C12H8N+. The summed E-state index contributed by atoms with van der Waals surface area (Å²) in [6.07, 6.45) is 5.07. The zero-order valence-electron chi connectivity index (χ0n) is 7.04. The number of rotatable bonds is 0. The molecule has 0 bridgehead atoms. The Morgan fingerprint density at radius 1 is 1.00 bits per heavy atom. The van der Waals surface area contributed by atoms with Crippen LogP contribution in [0.3, 0.4) is 0 Å². The van der Waals surface area contributed by atoms with Crippen LogP contribution in [-0.2, 0) is 0 Å². The predicted octanol–water partition coefficient (Wildman–Crippen LogP) is 2.93. The molecule has 3 rings (SSSR count). The Morgan fingerprint density at radius 2 is 1.92 bits per heavy atom. The van der Waals surface area contributed by atoms with Crippen molar-refractivity contribution in [2.45, 2.75) is 0 Å². The SMILES string of the molecule is [C+]1=CNc2ccc3ccccc3c21. The molecule has 2 aromatic carbocycles. The third-order valence-electron chi connectivity index (χ3n) is 2.37. The molecule has 0 amide bonds. The normalized spacial score (nSPS) is 12.3. The minimum Gasteiger partial charge on any atom is -0.288 e. The van der Waals surface area contributed by atoms with Gasteiger partial charge in [0.15, 0.2) is 5.69 Å². The van der Waals surface area contributed by atoms with Gasteiger partial charge in [0.2, 0.25) is 5.56 Å². The van der Waals surface area contributed by atoms with Crippen molar-refractivity contribution >= 4 is 16.5 Å². The third-order valence-corrected chi connectivity index (χ3v) is 2.37. The first-order valence-electron chi connectivity index (χ1n) is 4.32. The molecule has 1 nitrogen and oxygen atoms in total. The highest BCUT2D eigenvalue weighted by atomic mass is 14.9. The van der Waals surface area contributed by atoms with Crippen LogP contribution in [0, 0.1) is 6.08 Å². The van der Waals surface area contributed by atoms with Crippen molar-refractivity contribution in [3.63, 3.8) is 0 Å². The van der Waals surface area contributed by atoms with Crippen LogP contribution < -0.4 is 5.32 Å². The van der Waals surface area contributed by atoms with Gasteiger partial charge >= 0.3 is 0 Å². The summed E-state index contributed by atoms with van der Waals surface area (Å²) in [5.41, 5.74) is 2.33. The van der Waals surface area contributed by atoms with Gasteiger partial charge in [-0.2, -0.15) is 0 Å². The third kappa shape index (κ3) is 0.851. The van der Waals surface area contributed by atoms with E-state index in [-0.39, 0.29) is 0 Å². The number of fused-ring (bicyclic) bond motifs is 3. The monoisotopic (exact) mass is 166 g/mol. The molecule has 0 saturated heterocycles. The average Bonchev–Trinajstić information content (AvgIpc) is 2.65. The maximum Gasteiger partial charge on any atom is 0.222 e. The van der Waals surface area contributed by atoms with Crippen LogP contribution in [0.1, 0.15) is 5.56 Å². The maximum atomic E-state index is 3.21. The maximum absolute atomic E-state index is 3.21. The molecule has 0 unspecified atom stereocenters. The first-order valence-corrected chi connectivity index (χ1v) is 4.32. The van der Waals surface area contributed by atoms with Gasteiger partial charge in [0.1, 0.15) is 11.6 Å². The summed E-state index contributed by atoms with van der Waals surface area (Å²) >= 11 is 0. The largest absolute Gasteiger partial charge is 0.288 e. The minimum atomic E-state index is 1.15. The van der Waals surface area contributed by atoms with E-state index < -0.39 is 0 Å². The smallest absolute Gasteiger partial charge is 0.222 e. The van der Waals surface area contributed by atoms with Crippen LogP contribution >= 0.6 is 0 Å². The first-order chi connectivity index (χ1) is 6.45. The summed E-state index contributed by atoms with van der Waals surface area (Å²) in [5.74, 6) is 0. The quantitative estimate of drug-likeness (QED) is 0.593. The Kier molecular flexibility index (Phi) is 1.18. The van der Waals surface area contributed by atoms with Gasteiger partial charge in [0.25, 0.3) is 0 Å². The molecule has 1 heterocycles. The predicted molar refractivity (Wildman–Crippen MR) is 54.5 cm³/mol. The van der Waals surface area contributed by atoms with Crippen molar-refractivity contribution in [3.8, 4) is 0 Å². The van der Waals surface area contributed by atoms with Gasteiger partial charge in [-0.3, -0.25) is 5.32 Å². The highest BCUT2D eigenvalue weighted by Crippen LogP contribution is 2.29. The molecule has 0 radical (unpaired) electrons. The van der Waals surface area contributed by atoms with E-state index in [4.69, 9.17) is 0 Å².